The number of rotatable bonds is 3. The number of hydrogen-bond donors (Lipinski definition) is 0. The number of aromatic nitrogens is 1. The Morgan fingerprint density at radius 3 is 2.54 bits per heavy atom. The van der Waals surface area contributed by atoms with Gasteiger partial charge in [0.15, 0.2) is 0 Å². The molecule has 2 aromatic rings. The van der Waals surface area contributed by atoms with E-state index in [9.17, 15) is 5.11 Å². The van der Waals surface area contributed by atoms with Crippen molar-refractivity contribution < 1.29 is 28.0 Å². The topological polar surface area (TPSA) is 69.9 Å². The van der Waals surface area contributed by atoms with Gasteiger partial charge in [0, 0.05) is 12.1 Å². The first kappa shape index (κ1) is 18.6. The molecule has 5 nitrogen and oxygen atoms in total. The maximum absolute atomic E-state index is 12.2. The molecule has 0 radical (unpaired) electrons. The standard InChI is InChI=1S/C17H17N3O2.ClH.Pd/c1-17(2)11-22-16(20-17)12-7-3-4-8-13(12)19-15(21)14-9-5-6-10-18-14;;/h3-10H,11H2,1-2H3,(H,19,21);1H;/q;;+2/p-2. The van der Waals surface area contributed by atoms with E-state index in [2.05, 4.69) is 42.7 Å². The van der Waals surface area contributed by atoms with E-state index in [0.717, 1.165) is 5.56 Å². The molecule has 1 aromatic heterocycles. The molecule has 0 saturated carbocycles. The van der Waals surface area contributed by atoms with Crippen LogP contribution in [0.25, 0.3) is 0 Å². The van der Waals surface area contributed by atoms with E-state index in [1.54, 1.807) is 30.5 Å². The van der Waals surface area contributed by atoms with Gasteiger partial charge in [-0.25, -0.2) is 4.99 Å². The number of pyridine rings is 1. The fourth-order valence-electron chi connectivity index (χ4n) is 2.13. The Bertz CT molecular complexity index is 749. The van der Waals surface area contributed by atoms with Crippen LogP contribution >= 0.6 is 9.53 Å². The van der Waals surface area contributed by atoms with Gasteiger partial charge in [-0.05, 0) is 38.1 Å². The van der Waals surface area contributed by atoms with Gasteiger partial charge >= 0.3 is 27.7 Å². The Balaban J connectivity index is 0.00000100. The Morgan fingerprint density at radius 2 is 1.92 bits per heavy atom. The van der Waals surface area contributed by atoms with E-state index in [0.29, 0.717) is 23.9 Å². The summed E-state index contributed by atoms with van der Waals surface area (Å²) in [7, 11) is 4.49. The van der Waals surface area contributed by atoms with Gasteiger partial charge in [-0.15, -0.1) is 0 Å². The van der Waals surface area contributed by atoms with Gasteiger partial charge < -0.3 is 9.84 Å². The Morgan fingerprint density at radius 1 is 1.21 bits per heavy atom. The molecule has 0 saturated heterocycles. The third-order valence-corrected chi connectivity index (χ3v) is 3.21. The average molecular weight is 436 g/mol. The van der Waals surface area contributed by atoms with Crippen molar-refractivity contribution in [3.63, 3.8) is 0 Å². The molecule has 1 aromatic carbocycles. The van der Waals surface area contributed by atoms with Crippen molar-refractivity contribution in [2.75, 3.05) is 6.61 Å². The zero-order valence-electron chi connectivity index (χ0n) is 13.2. The van der Waals surface area contributed by atoms with Crippen molar-refractivity contribution in [3.8, 4) is 0 Å². The summed E-state index contributed by atoms with van der Waals surface area (Å²) in [6.45, 7) is 4.52. The van der Waals surface area contributed by atoms with Crippen molar-refractivity contribution >= 4 is 27.0 Å². The molecular formula is C17H16ClN3O2Pd. The van der Waals surface area contributed by atoms with Crippen molar-refractivity contribution in [1.82, 2.24) is 4.98 Å². The van der Waals surface area contributed by atoms with Gasteiger partial charge in [-0.3, -0.25) is 9.98 Å². The first-order chi connectivity index (χ1) is 11.6. The summed E-state index contributed by atoms with van der Waals surface area (Å²) in [4.78, 5) is 12.7. The van der Waals surface area contributed by atoms with Crippen LogP contribution in [-0.2, 0) is 22.9 Å². The van der Waals surface area contributed by atoms with E-state index in [-0.39, 0.29) is 11.4 Å². The van der Waals surface area contributed by atoms with E-state index in [1.165, 1.54) is 0 Å². The fourth-order valence-corrected chi connectivity index (χ4v) is 2.13. The number of nitrogens with zero attached hydrogens (tertiary/aromatic N) is 3. The molecule has 0 spiro atoms. The SMILES string of the molecule is CC1(C)COC(c2ccccc2N=C([O-])c2ccccn2)=N1.[Cl][Pd+]. The summed E-state index contributed by atoms with van der Waals surface area (Å²) in [5, 5.41) is 12.2. The predicted octanol–water partition coefficient (Wildman–Crippen LogP) is 2.76. The quantitative estimate of drug-likeness (QED) is 0.422. The fraction of sp³-hybridized carbons (Fsp3) is 0.235. The van der Waals surface area contributed by atoms with E-state index in [1.807, 2.05) is 32.0 Å². The van der Waals surface area contributed by atoms with Crippen LogP contribution in [0.2, 0.25) is 0 Å². The summed E-state index contributed by atoms with van der Waals surface area (Å²) >= 11 is 2.22. The molecule has 0 fully saturated rings. The number of para-hydroxylation sites is 1. The molecular weight excluding hydrogens is 420 g/mol. The molecule has 0 unspecified atom stereocenters. The number of benzene rings is 1. The molecule has 24 heavy (non-hydrogen) atoms. The van der Waals surface area contributed by atoms with Gasteiger partial charge in [0.2, 0.25) is 5.90 Å². The third-order valence-electron chi connectivity index (χ3n) is 3.21. The van der Waals surface area contributed by atoms with E-state index in [4.69, 9.17) is 4.74 Å². The van der Waals surface area contributed by atoms with Crippen molar-refractivity contribution in [2.45, 2.75) is 19.4 Å². The van der Waals surface area contributed by atoms with Crippen LogP contribution in [0.15, 0.2) is 58.6 Å². The number of ether oxygens (including phenoxy) is 1. The van der Waals surface area contributed by atoms with Crippen molar-refractivity contribution in [2.24, 2.45) is 9.98 Å². The Kier molecular flexibility index (Phi) is 6.50. The van der Waals surface area contributed by atoms with Gasteiger partial charge in [-0.1, -0.05) is 18.2 Å². The Hall–Kier alpha value is -1.74. The molecule has 0 bridgehead atoms. The maximum atomic E-state index is 12.2. The summed E-state index contributed by atoms with van der Waals surface area (Å²) in [6.07, 6.45) is 1.57. The minimum absolute atomic E-state index is 0.257. The van der Waals surface area contributed by atoms with Crippen molar-refractivity contribution in [3.05, 3.63) is 59.9 Å². The zero-order chi connectivity index (χ0) is 17.6. The van der Waals surface area contributed by atoms with Crippen LogP contribution in [0.5, 0.6) is 0 Å². The summed E-state index contributed by atoms with van der Waals surface area (Å²) in [5.74, 6) is 0.143. The normalized spacial score (nSPS) is 15.9. The summed E-state index contributed by atoms with van der Waals surface area (Å²) in [6, 6.07) is 12.5. The van der Waals surface area contributed by atoms with Crippen LogP contribution in [0.1, 0.15) is 25.1 Å². The summed E-state index contributed by atoms with van der Waals surface area (Å²) in [5.41, 5.74) is 1.31. The molecule has 3 rings (SSSR count). The van der Waals surface area contributed by atoms with E-state index >= 15 is 0 Å². The first-order valence-corrected chi connectivity index (χ1v) is 9.16. The molecule has 0 atom stereocenters. The van der Waals surface area contributed by atoms with Gasteiger partial charge in [0.05, 0.1) is 22.5 Å². The Labute approximate surface area is 155 Å². The number of hydrogen-bond acceptors (Lipinski definition) is 5. The number of halogens is 1. The average Bonchev–Trinajstić information content (AvgIpc) is 2.98. The molecule has 128 valence electrons. The molecule has 0 amide bonds. The molecule has 1 aliphatic rings. The van der Waals surface area contributed by atoms with Crippen LogP contribution in [0.4, 0.5) is 5.69 Å². The molecule has 7 heteroatoms. The van der Waals surface area contributed by atoms with Crippen LogP contribution in [-0.4, -0.2) is 28.9 Å². The van der Waals surface area contributed by atoms with Crippen molar-refractivity contribution in [1.29, 1.82) is 0 Å². The van der Waals surface area contributed by atoms with Crippen LogP contribution in [0.3, 0.4) is 0 Å². The first-order valence-electron chi connectivity index (χ1n) is 7.16. The van der Waals surface area contributed by atoms with Gasteiger partial charge in [0.25, 0.3) is 0 Å². The molecule has 2 heterocycles. The van der Waals surface area contributed by atoms with Crippen LogP contribution < -0.4 is 5.11 Å². The molecule has 0 aliphatic carbocycles. The second-order valence-corrected chi connectivity index (χ2v) is 5.67. The third kappa shape index (κ3) is 4.64. The number of aliphatic imine (C=N–C) groups is 2. The second-order valence-electron chi connectivity index (χ2n) is 5.67. The monoisotopic (exact) mass is 435 g/mol. The van der Waals surface area contributed by atoms with Gasteiger partial charge in [0.1, 0.15) is 6.61 Å². The second kappa shape index (κ2) is 8.39. The minimum atomic E-state index is -0.383. The zero-order valence-corrected chi connectivity index (χ0v) is 15.5. The molecule has 0 N–H and O–H groups in total. The molecule has 1 aliphatic heterocycles. The van der Waals surface area contributed by atoms with Crippen LogP contribution in [0, 0.1) is 0 Å². The van der Waals surface area contributed by atoms with E-state index < -0.39 is 0 Å². The summed E-state index contributed by atoms with van der Waals surface area (Å²) < 4.78 is 5.65. The predicted molar refractivity (Wildman–Crippen MR) is 89.3 cm³/mol. The van der Waals surface area contributed by atoms with Gasteiger partial charge in [-0.2, -0.15) is 0 Å².